The van der Waals surface area contributed by atoms with Gasteiger partial charge in [-0.1, -0.05) is 35.3 Å². The summed E-state index contributed by atoms with van der Waals surface area (Å²) in [6.07, 6.45) is 1.33. The molecule has 0 aliphatic carbocycles. The number of carbonyl (C=O) groups excluding carboxylic acids is 3. The summed E-state index contributed by atoms with van der Waals surface area (Å²) in [4.78, 5) is 48.5. The first kappa shape index (κ1) is 23.1. The molecule has 32 heavy (non-hydrogen) atoms. The molecule has 1 aliphatic rings. The minimum Gasteiger partial charge on any atom is -0.479 e. The standard InChI is InChI=1S/C21H17Cl2N3O6/c1-11-3-2-4-13(5-11)24-17(27)9-26-20(30)16(25-21(26)31)8-12-6-14(22)19(15(23)7-12)32-10-18(28)29/h2-8H,9-10H2,1H3,(H,24,27)(H,25,31)(H,28,29)/b16-8+. The van der Waals surface area contributed by atoms with E-state index in [1.165, 1.54) is 18.2 Å². The number of nitrogens with one attached hydrogen (secondary N) is 2. The summed E-state index contributed by atoms with van der Waals surface area (Å²) in [6.45, 7) is 0.765. The van der Waals surface area contributed by atoms with Crippen molar-refractivity contribution in [2.45, 2.75) is 6.92 Å². The van der Waals surface area contributed by atoms with Crippen molar-refractivity contribution < 1.29 is 29.0 Å². The van der Waals surface area contributed by atoms with Crippen LogP contribution in [-0.2, 0) is 14.4 Å². The van der Waals surface area contributed by atoms with E-state index < -0.39 is 37.0 Å². The van der Waals surface area contributed by atoms with Gasteiger partial charge in [0.2, 0.25) is 5.91 Å². The first-order valence-corrected chi connectivity index (χ1v) is 9.94. The van der Waals surface area contributed by atoms with E-state index >= 15 is 0 Å². The SMILES string of the molecule is Cc1cccc(NC(=O)CN2C(=O)N/C(=C/c3cc(Cl)c(OCC(=O)O)c(Cl)c3)C2=O)c1. The van der Waals surface area contributed by atoms with Gasteiger partial charge in [-0.15, -0.1) is 0 Å². The lowest BCUT2D eigenvalue weighted by atomic mass is 10.1. The van der Waals surface area contributed by atoms with Gasteiger partial charge in [0.25, 0.3) is 5.91 Å². The van der Waals surface area contributed by atoms with Crippen molar-refractivity contribution in [3.63, 3.8) is 0 Å². The lowest BCUT2D eigenvalue weighted by Gasteiger charge is -2.12. The third kappa shape index (κ3) is 5.57. The van der Waals surface area contributed by atoms with Gasteiger partial charge in [0.15, 0.2) is 12.4 Å². The highest BCUT2D eigenvalue weighted by atomic mass is 35.5. The number of hydrogen-bond acceptors (Lipinski definition) is 5. The average Bonchev–Trinajstić information content (AvgIpc) is 2.94. The molecule has 0 bridgehead atoms. The molecule has 4 amide bonds. The summed E-state index contributed by atoms with van der Waals surface area (Å²) in [7, 11) is 0. The van der Waals surface area contributed by atoms with Crippen molar-refractivity contribution in [3.05, 3.63) is 63.3 Å². The number of rotatable bonds is 7. The zero-order valence-electron chi connectivity index (χ0n) is 16.6. The Balaban J connectivity index is 1.72. The summed E-state index contributed by atoms with van der Waals surface area (Å²) in [5.74, 6) is -2.46. The maximum absolute atomic E-state index is 12.6. The van der Waals surface area contributed by atoms with Crippen molar-refractivity contribution in [1.82, 2.24) is 10.2 Å². The monoisotopic (exact) mass is 477 g/mol. The Bertz CT molecular complexity index is 1130. The van der Waals surface area contributed by atoms with E-state index in [1.807, 2.05) is 13.0 Å². The fourth-order valence-corrected chi connectivity index (χ4v) is 3.50. The predicted octanol–water partition coefficient (Wildman–Crippen LogP) is 3.30. The highest BCUT2D eigenvalue weighted by Crippen LogP contribution is 2.35. The van der Waals surface area contributed by atoms with Gasteiger partial charge >= 0.3 is 12.0 Å². The average molecular weight is 478 g/mol. The van der Waals surface area contributed by atoms with E-state index in [1.54, 1.807) is 18.2 Å². The molecule has 1 saturated heterocycles. The fourth-order valence-electron chi connectivity index (χ4n) is 2.88. The molecule has 0 aromatic heterocycles. The molecule has 0 unspecified atom stereocenters. The molecule has 9 nitrogen and oxygen atoms in total. The van der Waals surface area contributed by atoms with Crippen molar-refractivity contribution in [3.8, 4) is 5.75 Å². The van der Waals surface area contributed by atoms with Crippen LogP contribution in [-0.4, -0.2) is 47.0 Å². The second kappa shape index (κ2) is 9.71. The summed E-state index contributed by atoms with van der Waals surface area (Å²) in [5, 5.41) is 13.8. The topological polar surface area (TPSA) is 125 Å². The molecule has 3 rings (SSSR count). The Morgan fingerprint density at radius 2 is 1.88 bits per heavy atom. The number of carboxylic acids is 1. The third-order valence-corrected chi connectivity index (χ3v) is 4.80. The van der Waals surface area contributed by atoms with E-state index in [4.69, 9.17) is 33.0 Å². The molecule has 0 saturated carbocycles. The fraction of sp³-hybridized carbons (Fsp3) is 0.143. The van der Waals surface area contributed by atoms with Crippen molar-refractivity contribution in [2.75, 3.05) is 18.5 Å². The molecule has 1 fully saturated rings. The first-order chi connectivity index (χ1) is 15.1. The van der Waals surface area contributed by atoms with Gasteiger partial charge in [-0.2, -0.15) is 0 Å². The zero-order valence-corrected chi connectivity index (χ0v) is 18.2. The van der Waals surface area contributed by atoms with Gasteiger partial charge in [0, 0.05) is 5.69 Å². The van der Waals surface area contributed by atoms with Gasteiger partial charge in [-0.3, -0.25) is 9.59 Å². The van der Waals surface area contributed by atoms with E-state index in [9.17, 15) is 19.2 Å². The Morgan fingerprint density at radius 3 is 2.50 bits per heavy atom. The largest absolute Gasteiger partial charge is 0.479 e. The molecule has 1 heterocycles. The van der Waals surface area contributed by atoms with Gasteiger partial charge in [0.05, 0.1) is 10.0 Å². The number of ether oxygens (including phenoxy) is 1. The van der Waals surface area contributed by atoms with Crippen LogP contribution in [0.15, 0.2) is 42.1 Å². The normalized spacial score (nSPS) is 14.5. The van der Waals surface area contributed by atoms with E-state index in [2.05, 4.69) is 10.6 Å². The van der Waals surface area contributed by atoms with E-state index in [0.29, 0.717) is 11.3 Å². The quantitative estimate of drug-likeness (QED) is 0.414. The number of aryl methyl sites for hydroxylation is 1. The smallest absolute Gasteiger partial charge is 0.341 e. The van der Waals surface area contributed by atoms with Crippen molar-refractivity contribution in [1.29, 1.82) is 0 Å². The maximum Gasteiger partial charge on any atom is 0.341 e. The highest BCUT2D eigenvalue weighted by Gasteiger charge is 2.35. The minimum atomic E-state index is -1.20. The minimum absolute atomic E-state index is 0.0193. The van der Waals surface area contributed by atoms with Crippen LogP contribution < -0.4 is 15.4 Å². The highest BCUT2D eigenvalue weighted by molar-refractivity contribution is 6.37. The lowest BCUT2D eigenvalue weighted by Crippen LogP contribution is -2.38. The van der Waals surface area contributed by atoms with E-state index in [-0.39, 0.29) is 21.5 Å². The van der Waals surface area contributed by atoms with Gasteiger partial charge < -0.3 is 20.5 Å². The number of carbonyl (C=O) groups is 4. The lowest BCUT2D eigenvalue weighted by molar-refractivity contribution is -0.139. The second-order valence-corrected chi connectivity index (χ2v) is 7.61. The van der Waals surface area contributed by atoms with Crippen LogP contribution in [0.1, 0.15) is 11.1 Å². The first-order valence-electron chi connectivity index (χ1n) is 9.18. The molecule has 11 heteroatoms. The van der Waals surface area contributed by atoms with Gasteiger partial charge in [0.1, 0.15) is 12.2 Å². The predicted molar refractivity (Wildman–Crippen MR) is 118 cm³/mol. The van der Waals surface area contributed by atoms with Crippen molar-refractivity contribution >= 4 is 58.8 Å². The number of urea groups is 1. The molecule has 1 aliphatic heterocycles. The van der Waals surface area contributed by atoms with Crippen LogP contribution in [0.2, 0.25) is 10.0 Å². The van der Waals surface area contributed by atoms with E-state index in [0.717, 1.165) is 10.5 Å². The second-order valence-electron chi connectivity index (χ2n) is 6.79. The maximum atomic E-state index is 12.6. The number of halogens is 2. The van der Waals surface area contributed by atoms with Crippen LogP contribution in [0, 0.1) is 6.92 Å². The molecule has 0 radical (unpaired) electrons. The van der Waals surface area contributed by atoms with Gasteiger partial charge in [-0.05, 0) is 48.4 Å². The van der Waals surface area contributed by atoms with Gasteiger partial charge in [-0.25, -0.2) is 14.5 Å². The van der Waals surface area contributed by atoms with Crippen LogP contribution in [0.3, 0.4) is 0 Å². The summed E-state index contributed by atoms with van der Waals surface area (Å²) >= 11 is 12.2. The van der Waals surface area contributed by atoms with Crippen LogP contribution >= 0.6 is 23.2 Å². The Kier molecular flexibility index (Phi) is 7.01. The number of amides is 4. The number of carboxylic acid groups (broad SMARTS) is 1. The zero-order chi connectivity index (χ0) is 23.4. The molecule has 0 spiro atoms. The van der Waals surface area contributed by atoms with Crippen LogP contribution in [0.4, 0.5) is 10.5 Å². The summed E-state index contributed by atoms with van der Waals surface area (Å²) < 4.78 is 5.04. The van der Waals surface area contributed by atoms with Crippen LogP contribution in [0.5, 0.6) is 5.75 Å². The Morgan fingerprint density at radius 1 is 1.19 bits per heavy atom. The number of nitrogens with zero attached hydrogens (tertiary/aromatic N) is 1. The molecular weight excluding hydrogens is 461 g/mol. The molecule has 2 aromatic rings. The Hall–Kier alpha value is -3.56. The number of imide groups is 1. The number of hydrogen-bond donors (Lipinski definition) is 3. The molecule has 3 N–H and O–H groups in total. The summed E-state index contributed by atoms with van der Waals surface area (Å²) in [6, 6.07) is 9.13. The number of aliphatic carboxylic acids is 1. The Labute approximate surface area is 192 Å². The third-order valence-electron chi connectivity index (χ3n) is 4.24. The molecule has 2 aromatic carbocycles. The molecule has 0 atom stereocenters. The summed E-state index contributed by atoms with van der Waals surface area (Å²) in [5.41, 5.74) is 1.77. The van der Waals surface area contributed by atoms with Crippen molar-refractivity contribution in [2.24, 2.45) is 0 Å². The molecular formula is C21H17Cl2N3O6. The van der Waals surface area contributed by atoms with Crippen LogP contribution in [0.25, 0.3) is 6.08 Å². The molecule has 166 valence electrons. The number of benzene rings is 2. The number of anilines is 1.